The van der Waals surface area contributed by atoms with Crippen LogP contribution in [0.3, 0.4) is 0 Å². The van der Waals surface area contributed by atoms with Gasteiger partial charge in [0.15, 0.2) is 0 Å². The zero-order valence-electron chi connectivity index (χ0n) is 11.5. The smallest absolute Gasteiger partial charge is 0.103 e. The van der Waals surface area contributed by atoms with Crippen LogP contribution in [0.2, 0.25) is 0 Å². The van der Waals surface area contributed by atoms with Gasteiger partial charge in [0.2, 0.25) is 0 Å². The highest BCUT2D eigenvalue weighted by Crippen LogP contribution is 2.26. The van der Waals surface area contributed by atoms with E-state index < -0.39 is 0 Å². The standard InChI is InChI=1S/C15H20N2S2/c1-3-9-16-10-14-12(2)17-15(19-14)11-18-13-7-5-4-6-8-13/h4-8,16H,3,9-11H2,1-2H3. The number of nitrogens with zero attached hydrogens (tertiary/aromatic N) is 1. The van der Waals surface area contributed by atoms with E-state index in [-0.39, 0.29) is 0 Å². The molecule has 0 fully saturated rings. The number of aromatic nitrogens is 1. The van der Waals surface area contributed by atoms with E-state index in [1.165, 1.54) is 26.9 Å². The fourth-order valence-electron chi connectivity index (χ4n) is 1.75. The van der Waals surface area contributed by atoms with Crippen LogP contribution >= 0.6 is 23.1 Å². The van der Waals surface area contributed by atoms with Crippen LogP contribution in [0.25, 0.3) is 0 Å². The lowest BCUT2D eigenvalue weighted by Crippen LogP contribution is -2.13. The Balaban J connectivity index is 1.89. The molecule has 102 valence electrons. The molecule has 0 spiro atoms. The van der Waals surface area contributed by atoms with Crippen molar-refractivity contribution in [1.29, 1.82) is 0 Å². The molecule has 19 heavy (non-hydrogen) atoms. The van der Waals surface area contributed by atoms with Crippen molar-refractivity contribution in [2.24, 2.45) is 0 Å². The predicted molar refractivity (Wildman–Crippen MR) is 84.9 cm³/mol. The van der Waals surface area contributed by atoms with Crippen molar-refractivity contribution in [1.82, 2.24) is 10.3 Å². The SMILES string of the molecule is CCCNCc1sc(CSc2ccccc2)nc1C. The first-order chi connectivity index (χ1) is 9.29. The summed E-state index contributed by atoms with van der Waals surface area (Å²) in [5.74, 6) is 0.962. The maximum atomic E-state index is 4.66. The summed E-state index contributed by atoms with van der Waals surface area (Å²) in [6.45, 7) is 6.32. The van der Waals surface area contributed by atoms with Crippen molar-refractivity contribution in [2.45, 2.75) is 37.5 Å². The van der Waals surface area contributed by atoms with E-state index in [4.69, 9.17) is 0 Å². The topological polar surface area (TPSA) is 24.9 Å². The molecule has 2 rings (SSSR count). The largest absolute Gasteiger partial charge is 0.312 e. The van der Waals surface area contributed by atoms with Gasteiger partial charge in [-0.2, -0.15) is 0 Å². The number of benzene rings is 1. The van der Waals surface area contributed by atoms with Crippen LogP contribution in [-0.2, 0) is 12.3 Å². The van der Waals surface area contributed by atoms with E-state index in [9.17, 15) is 0 Å². The van der Waals surface area contributed by atoms with E-state index in [2.05, 4.69) is 54.5 Å². The summed E-state index contributed by atoms with van der Waals surface area (Å²) in [6, 6.07) is 10.5. The van der Waals surface area contributed by atoms with Gasteiger partial charge in [-0.15, -0.1) is 23.1 Å². The van der Waals surface area contributed by atoms with Gasteiger partial charge in [0.05, 0.1) is 11.4 Å². The quantitative estimate of drug-likeness (QED) is 0.610. The van der Waals surface area contributed by atoms with Crippen LogP contribution < -0.4 is 5.32 Å². The molecule has 0 atom stereocenters. The Bertz CT molecular complexity index is 494. The average Bonchev–Trinajstić information content (AvgIpc) is 2.79. The van der Waals surface area contributed by atoms with Gasteiger partial charge in [0, 0.05) is 16.3 Å². The second-order valence-corrected chi connectivity index (χ2v) is 6.61. The van der Waals surface area contributed by atoms with Crippen molar-refractivity contribution >= 4 is 23.1 Å². The van der Waals surface area contributed by atoms with Gasteiger partial charge in [0.1, 0.15) is 5.01 Å². The van der Waals surface area contributed by atoms with Crippen molar-refractivity contribution in [3.8, 4) is 0 Å². The lowest BCUT2D eigenvalue weighted by atomic mass is 10.4. The molecule has 2 aromatic rings. The van der Waals surface area contributed by atoms with Gasteiger partial charge in [-0.3, -0.25) is 0 Å². The highest BCUT2D eigenvalue weighted by atomic mass is 32.2. The van der Waals surface area contributed by atoms with E-state index in [1.54, 1.807) is 0 Å². The number of nitrogens with one attached hydrogen (secondary N) is 1. The van der Waals surface area contributed by atoms with Crippen molar-refractivity contribution in [3.05, 3.63) is 45.9 Å². The van der Waals surface area contributed by atoms with Crippen molar-refractivity contribution in [3.63, 3.8) is 0 Å². The first-order valence-corrected chi connectivity index (χ1v) is 8.43. The Morgan fingerprint density at radius 1 is 1.26 bits per heavy atom. The number of hydrogen-bond donors (Lipinski definition) is 1. The average molecular weight is 292 g/mol. The fraction of sp³-hybridized carbons (Fsp3) is 0.400. The Labute approximate surface area is 123 Å². The molecule has 0 amide bonds. The van der Waals surface area contributed by atoms with Crippen LogP contribution in [0.4, 0.5) is 0 Å². The summed E-state index contributed by atoms with van der Waals surface area (Å²) in [6.07, 6.45) is 1.18. The van der Waals surface area contributed by atoms with E-state index >= 15 is 0 Å². The molecule has 0 aliphatic carbocycles. The summed E-state index contributed by atoms with van der Waals surface area (Å²) >= 11 is 3.69. The summed E-state index contributed by atoms with van der Waals surface area (Å²) in [5.41, 5.74) is 1.18. The lowest BCUT2D eigenvalue weighted by Gasteiger charge is -2.00. The molecule has 1 N–H and O–H groups in total. The molecule has 0 saturated heterocycles. The molecule has 4 heteroatoms. The van der Waals surface area contributed by atoms with E-state index in [1.807, 2.05) is 23.1 Å². The minimum absolute atomic E-state index is 0.952. The minimum Gasteiger partial charge on any atom is -0.312 e. The van der Waals surface area contributed by atoms with Gasteiger partial charge in [-0.25, -0.2) is 4.98 Å². The number of aryl methyl sites for hydroxylation is 1. The van der Waals surface area contributed by atoms with Crippen LogP contribution in [0.15, 0.2) is 35.2 Å². The van der Waals surface area contributed by atoms with Gasteiger partial charge in [-0.1, -0.05) is 25.1 Å². The second kappa shape index (κ2) is 7.68. The van der Waals surface area contributed by atoms with Crippen LogP contribution in [-0.4, -0.2) is 11.5 Å². The van der Waals surface area contributed by atoms with Gasteiger partial charge in [0.25, 0.3) is 0 Å². The van der Waals surface area contributed by atoms with Gasteiger partial charge < -0.3 is 5.32 Å². The third kappa shape index (κ3) is 4.64. The molecular weight excluding hydrogens is 272 g/mol. The molecule has 0 aliphatic heterocycles. The van der Waals surface area contributed by atoms with Crippen molar-refractivity contribution < 1.29 is 0 Å². The van der Waals surface area contributed by atoms with Gasteiger partial charge in [-0.05, 0) is 32.0 Å². The van der Waals surface area contributed by atoms with Gasteiger partial charge >= 0.3 is 0 Å². The monoisotopic (exact) mass is 292 g/mol. The number of rotatable bonds is 7. The number of thiazole rings is 1. The third-order valence-corrected chi connectivity index (χ3v) is 5.12. The molecule has 0 aliphatic rings. The summed E-state index contributed by atoms with van der Waals surface area (Å²) in [7, 11) is 0. The first kappa shape index (κ1) is 14.6. The Hall–Kier alpha value is -0.840. The van der Waals surface area contributed by atoms with Crippen LogP contribution in [0.5, 0.6) is 0 Å². The Morgan fingerprint density at radius 2 is 2.05 bits per heavy atom. The van der Waals surface area contributed by atoms with Crippen LogP contribution in [0, 0.1) is 6.92 Å². The molecule has 0 bridgehead atoms. The highest BCUT2D eigenvalue weighted by molar-refractivity contribution is 7.98. The van der Waals surface area contributed by atoms with Crippen LogP contribution in [0.1, 0.15) is 28.9 Å². The fourth-order valence-corrected chi connectivity index (χ4v) is 3.71. The van der Waals surface area contributed by atoms with E-state index in [0.29, 0.717) is 0 Å². The zero-order valence-corrected chi connectivity index (χ0v) is 13.1. The minimum atomic E-state index is 0.952. The molecule has 1 heterocycles. The maximum Gasteiger partial charge on any atom is 0.103 e. The van der Waals surface area contributed by atoms with E-state index in [0.717, 1.165) is 18.8 Å². The second-order valence-electron chi connectivity index (χ2n) is 4.39. The first-order valence-electron chi connectivity index (χ1n) is 6.63. The molecule has 1 aromatic carbocycles. The Morgan fingerprint density at radius 3 is 2.79 bits per heavy atom. The number of thioether (sulfide) groups is 1. The summed E-state index contributed by atoms with van der Waals surface area (Å²) in [5, 5.41) is 4.66. The Kier molecular flexibility index (Phi) is 5.89. The zero-order chi connectivity index (χ0) is 13.5. The molecule has 0 radical (unpaired) electrons. The highest BCUT2D eigenvalue weighted by Gasteiger charge is 2.07. The predicted octanol–water partition coefficient (Wildman–Crippen LogP) is 4.24. The number of hydrogen-bond acceptors (Lipinski definition) is 4. The lowest BCUT2D eigenvalue weighted by molar-refractivity contribution is 0.678. The van der Waals surface area contributed by atoms with Crippen molar-refractivity contribution in [2.75, 3.05) is 6.54 Å². The molecule has 2 nitrogen and oxygen atoms in total. The normalized spacial score (nSPS) is 10.8. The third-order valence-electron chi connectivity index (χ3n) is 2.75. The maximum absolute atomic E-state index is 4.66. The molecular formula is C15H20N2S2. The molecule has 0 unspecified atom stereocenters. The summed E-state index contributed by atoms with van der Waals surface area (Å²) < 4.78 is 0. The molecule has 0 saturated carbocycles. The summed E-state index contributed by atoms with van der Waals surface area (Å²) in [4.78, 5) is 7.34. The molecule has 1 aromatic heterocycles.